The molecule has 3 rings (SSSR count). The summed E-state index contributed by atoms with van der Waals surface area (Å²) in [4.78, 5) is 12.5. The Kier molecular flexibility index (Phi) is 5.97. The molecule has 2 aromatic carbocycles. The van der Waals surface area contributed by atoms with E-state index in [0.717, 1.165) is 24.3 Å². The number of hydrogen-bond donors (Lipinski definition) is 1. The maximum atomic E-state index is 13.7. The molecule has 1 amide bonds. The summed E-state index contributed by atoms with van der Waals surface area (Å²) in [6.07, 6.45) is -4.63. The number of anilines is 1. The largest absolute Gasteiger partial charge is 0.486 e. The number of aromatic nitrogens is 1. The van der Waals surface area contributed by atoms with Crippen LogP contribution < -0.4 is 10.1 Å². The Morgan fingerprint density at radius 2 is 1.93 bits per heavy atom. The van der Waals surface area contributed by atoms with Gasteiger partial charge in [0.15, 0.2) is 17.3 Å². The lowest BCUT2D eigenvalue weighted by atomic mass is 10.1. The Morgan fingerprint density at radius 3 is 2.60 bits per heavy atom. The average Bonchev–Trinajstić information content (AvgIpc) is 3.02. The van der Waals surface area contributed by atoms with E-state index in [9.17, 15) is 26.7 Å². The van der Waals surface area contributed by atoms with Crippen LogP contribution in [-0.2, 0) is 12.8 Å². The number of benzene rings is 2. The van der Waals surface area contributed by atoms with Gasteiger partial charge in [-0.05, 0) is 37.3 Å². The van der Waals surface area contributed by atoms with Gasteiger partial charge in [-0.3, -0.25) is 4.79 Å². The summed E-state index contributed by atoms with van der Waals surface area (Å²) in [6, 6.07) is 5.12. The number of rotatable bonds is 5. The highest BCUT2D eigenvalue weighted by molar-refractivity contribution is 6.34. The van der Waals surface area contributed by atoms with Crippen molar-refractivity contribution in [3.8, 4) is 5.75 Å². The fraction of sp³-hybridized carbons (Fsp3) is 0.158. The predicted molar refractivity (Wildman–Crippen MR) is 96.3 cm³/mol. The highest BCUT2D eigenvalue weighted by Gasteiger charge is 2.31. The van der Waals surface area contributed by atoms with Crippen LogP contribution in [0.4, 0.5) is 27.6 Å². The van der Waals surface area contributed by atoms with E-state index < -0.39 is 29.3 Å². The Bertz CT molecular complexity index is 1100. The van der Waals surface area contributed by atoms with Gasteiger partial charge in [0, 0.05) is 6.07 Å². The monoisotopic (exact) mass is 446 g/mol. The van der Waals surface area contributed by atoms with Crippen molar-refractivity contribution in [2.45, 2.75) is 19.7 Å². The molecule has 0 aliphatic carbocycles. The molecule has 0 spiro atoms. The number of carbonyl (C=O) groups is 1. The predicted octanol–water partition coefficient (Wildman–Crippen LogP) is 5.76. The van der Waals surface area contributed by atoms with Gasteiger partial charge in [0.25, 0.3) is 5.91 Å². The topological polar surface area (TPSA) is 64.4 Å². The number of hydrogen-bond acceptors (Lipinski definition) is 4. The van der Waals surface area contributed by atoms with Gasteiger partial charge in [0.05, 0.1) is 21.8 Å². The summed E-state index contributed by atoms with van der Waals surface area (Å²) in [6.45, 7) is 1.09. The molecule has 0 radical (unpaired) electrons. The van der Waals surface area contributed by atoms with Crippen LogP contribution in [-0.4, -0.2) is 11.1 Å². The number of ether oxygens (including phenoxy) is 1. The molecule has 5 nitrogen and oxygen atoms in total. The van der Waals surface area contributed by atoms with Gasteiger partial charge in [0.2, 0.25) is 0 Å². The Balaban J connectivity index is 1.81. The second-order valence-corrected chi connectivity index (χ2v) is 6.48. The SMILES string of the molecule is Cc1onc(C(=O)Nc2cc(C(F)(F)F)ccc2Cl)c1COc1ccc(F)cc1F. The minimum atomic E-state index is -4.63. The zero-order valence-corrected chi connectivity index (χ0v) is 15.9. The Labute approximate surface area is 171 Å². The summed E-state index contributed by atoms with van der Waals surface area (Å²) in [5, 5.41) is 5.69. The smallest absolute Gasteiger partial charge is 0.416 e. The van der Waals surface area contributed by atoms with Gasteiger partial charge in [0.1, 0.15) is 18.2 Å². The van der Waals surface area contributed by atoms with Crippen molar-refractivity contribution in [2.24, 2.45) is 0 Å². The van der Waals surface area contributed by atoms with E-state index >= 15 is 0 Å². The van der Waals surface area contributed by atoms with Crippen molar-refractivity contribution in [1.29, 1.82) is 0 Å². The van der Waals surface area contributed by atoms with Crippen LogP contribution in [0.1, 0.15) is 27.4 Å². The molecule has 0 atom stereocenters. The molecule has 158 valence electrons. The van der Waals surface area contributed by atoms with E-state index in [-0.39, 0.29) is 40.1 Å². The van der Waals surface area contributed by atoms with Gasteiger partial charge in [-0.1, -0.05) is 16.8 Å². The molecule has 0 bridgehead atoms. The zero-order valence-electron chi connectivity index (χ0n) is 15.1. The molecule has 0 unspecified atom stereocenters. The van der Waals surface area contributed by atoms with Crippen LogP contribution in [0.3, 0.4) is 0 Å². The first-order valence-electron chi connectivity index (χ1n) is 8.27. The number of nitrogens with one attached hydrogen (secondary N) is 1. The fourth-order valence-corrected chi connectivity index (χ4v) is 2.63. The van der Waals surface area contributed by atoms with Crippen molar-refractivity contribution in [2.75, 3.05) is 5.32 Å². The number of nitrogens with zero attached hydrogens (tertiary/aromatic N) is 1. The lowest BCUT2D eigenvalue weighted by molar-refractivity contribution is -0.137. The molecule has 0 fully saturated rings. The highest BCUT2D eigenvalue weighted by Crippen LogP contribution is 2.34. The fourth-order valence-electron chi connectivity index (χ4n) is 2.46. The highest BCUT2D eigenvalue weighted by atomic mass is 35.5. The second-order valence-electron chi connectivity index (χ2n) is 6.08. The van der Waals surface area contributed by atoms with Crippen LogP contribution in [0.25, 0.3) is 0 Å². The molecule has 0 aliphatic heterocycles. The van der Waals surface area contributed by atoms with Crippen LogP contribution in [0, 0.1) is 18.6 Å². The number of halogens is 6. The summed E-state index contributed by atoms with van der Waals surface area (Å²) in [5.41, 5.74) is -1.45. The molecule has 1 heterocycles. The summed E-state index contributed by atoms with van der Waals surface area (Å²) >= 11 is 5.87. The minimum absolute atomic E-state index is 0.122. The molecular formula is C19H12ClF5N2O3. The van der Waals surface area contributed by atoms with Crippen LogP contribution >= 0.6 is 11.6 Å². The second kappa shape index (κ2) is 8.31. The van der Waals surface area contributed by atoms with Crippen molar-refractivity contribution >= 4 is 23.2 Å². The molecule has 30 heavy (non-hydrogen) atoms. The maximum Gasteiger partial charge on any atom is 0.416 e. The van der Waals surface area contributed by atoms with E-state index in [1.54, 1.807) is 0 Å². The lowest BCUT2D eigenvalue weighted by Crippen LogP contribution is -2.16. The van der Waals surface area contributed by atoms with E-state index in [4.69, 9.17) is 20.9 Å². The van der Waals surface area contributed by atoms with E-state index in [2.05, 4.69) is 10.5 Å². The van der Waals surface area contributed by atoms with Gasteiger partial charge >= 0.3 is 6.18 Å². The zero-order chi connectivity index (χ0) is 22.1. The molecule has 1 aromatic heterocycles. The van der Waals surface area contributed by atoms with Crippen molar-refractivity contribution in [1.82, 2.24) is 5.16 Å². The number of alkyl halides is 3. The van der Waals surface area contributed by atoms with E-state index in [0.29, 0.717) is 12.1 Å². The van der Waals surface area contributed by atoms with E-state index in [1.807, 2.05) is 0 Å². The molecule has 0 saturated heterocycles. The third-order valence-corrected chi connectivity index (χ3v) is 4.34. The molecule has 0 aliphatic rings. The maximum absolute atomic E-state index is 13.7. The molecule has 3 aromatic rings. The lowest BCUT2D eigenvalue weighted by Gasteiger charge is -2.11. The van der Waals surface area contributed by atoms with Crippen molar-refractivity contribution in [3.63, 3.8) is 0 Å². The van der Waals surface area contributed by atoms with Crippen LogP contribution in [0.5, 0.6) is 5.75 Å². The Morgan fingerprint density at radius 1 is 1.20 bits per heavy atom. The first kappa shape index (κ1) is 21.6. The van der Waals surface area contributed by atoms with Crippen molar-refractivity contribution < 1.29 is 36.0 Å². The molecule has 1 N–H and O–H groups in total. The summed E-state index contributed by atoms with van der Waals surface area (Å²) < 4.78 is 75.6. The number of amides is 1. The summed E-state index contributed by atoms with van der Waals surface area (Å²) in [7, 11) is 0. The third kappa shape index (κ3) is 4.70. The minimum Gasteiger partial charge on any atom is -0.486 e. The summed E-state index contributed by atoms with van der Waals surface area (Å²) in [5.74, 6) is -2.77. The number of carbonyl (C=O) groups excluding carboxylic acids is 1. The first-order chi connectivity index (χ1) is 14.1. The number of aryl methyl sites for hydroxylation is 1. The molecular weight excluding hydrogens is 435 g/mol. The third-order valence-electron chi connectivity index (χ3n) is 4.01. The molecule has 0 saturated carbocycles. The standard InChI is InChI=1S/C19H12ClF5N2O3/c1-9-12(8-29-16-5-3-11(21)7-14(16)22)17(27-30-9)18(28)26-15-6-10(19(23,24)25)2-4-13(15)20/h2-7H,8H2,1H3,(H,26,28). The van der Waals surface area contributed by atoms with Crippen LogP contribution in [0.15, 0.2) is 40.9 Å². The quantitative estimate of drug-likeness (QED) is 0.506. The van der Waals surface area contributed by atoms with Crippen LogP contribution in [0.2, 0.25) is 5.02 Å². The first-order valence-corrected chi connectivity index (χ1v) is 8.65. The van der Waals surface area contributed by atoms with E-state index in [1.165, 1.54) is 6.92 Å². The van der Waals surface area contributed by atoms with Crippen molar-refractivity contribution in [3.05, 3.63) is 75.6 Å². The van der Waals surface area contributed by atoms with Gasteiger partial charge in [-0.25, -0.2) is 8.78 Å². The molecule has 11 heteroatoms. The normalized spacial score (nSPS) is 11.4. The van der Waals surface area contributed by atoms with Gasteiger partial charge in [-0.2, -0.15) is 13.2 Å². The Hall–Kier alpha value is -3.14. The van der Waals surface area contributed by atoms with Gasteiger partial charge in [-0.15, -0.1) is 0 Å². The average molecular weight is 447 g/mol. The van der Waals surface area contributed by atoms with Gasteiger partial charge < -0.3 is 14.6 Å².